The minimum absolute atomic E-state index is 0.0987. The second kappa shape index (κ2) is 5.05. The maximum absolute atomic E-state index is 10.4. The van der Waals surface area contributed by atoms with Gasteiger partial charge in [-0.1, -0.05) is 32.1 Å². The highest BCUT2D eigenvalue weighted by Crippen LogP contribution is 2.32. The lowest BCUT2D eigenvalue weighted by Gasteiger charge is -2.16. The molecule has 0 spiro atoms. The summed E-state index contributed by atoms with van der Waals surface area (Å²) in [5.41, 5.74) is 1.60. The Morgan fingerprint density at radius 3 is 2.68 bits per heavy atom. The largest absolute Gasteiger partial charge is 0.305 e. The van der Waals surface area contributed by atoms with Crippen LogP contribution in [0.3, 0.4) is 0 Å². The summed E-state index contributed by atoms with van der Waals surface area (Å²) in [6.07, 6.45) is 2.39. The summed E-state index contributed by atoms with van der Waals surface area (Å²) in [6, 6.07) is 1.86. The molecule has 19 heavy (non-hydrogen) atoms. The number of hydrogen-bond donors (Lipinski definition) is 1. The molecule has 0 aliphatic carbocycles. The molecule has 0 unspecified atom stereocenters. The zero-order chi connectivity index (χ0) is 14.0. The van der Waals surface area contributed by atoms with E-state index in [1.807, 2.05) is 13.0 Å². The fourth-order valence-electron chi connectivity index (χ4n) is 1.59. The Balaban J connectivity index is 2.44. The Hall–Kier alpha value is -1.82. The van der Waals surface area contributed by atoms with Gasteiger partial charge in [0.2, 0.25) is 6.41 Å². The molecule has 2 aromatic rings. The normalized spacial score (nSPS) is 11.4. The smallest absolute Gasteiger partial charge is 0.213 e. The van der Waals surface area contributed by atoms with E-state index in [0.717, 1.165) is 22.1 Å². The van der Waals surface area contributed by atoms with Crippen LogP contribution < -0.4 is 5.32 Å². The van der Waals surface area contributed by atoms with Crippen LogP contribution in [0.5, 0.6) is 0 Å². The van der Waals surface area contributed by atoms with Gasteiger partial charge in [0.15, 0.2) is 5.13 Å². The minimum Gasteiger partial charge on any atom is -0.305 e. The topological polar surface area (TPSA) is 67.8 Å². The van der Waals surface area contributed by atoms with Crippen LogP contribution in [-0.2, 0) is 10.2 Å². The number of carbonyl (C=O) groups is 1. The second-order valence-corrected chi connectivity index (χ2v) is 6.21. The van der Waals surface area contributed by atoms with Gasteiger partial charge in [-0.2, -0.15) is 0 Å². The molecule has 0 aromatic carbocycles. The van der Waals surface area contributed by atoms with Gasteiger partial charge >= 0.3 is 0 Å². The molecule has 0 bridgehead atoms. The van der Waals surface area contributed by atoms with Crippen LogP contribution in [0.25, 0.3) is 10.6 Å². The molecule has 0 aliphatic heterocycles. The Morgan fingerprint density at radius 2 is 2.05 bits per heavy atom. The van der Waals surface area contributed by atoms with Gasteiger partial charge in [-0.15, -0.1) is 0 Å². The first-order chi connectivity index (χ1) is 8.91. The maximum atomic E-state index is 10.4. The standard InChI is InChI=1S/C13H16N4OS/c1-8-10(19-12(16-8)15-7-18)9-5-6-14-11(17-9)13(2,3)4/h5-7H,1-4H3,(H,15,16,18). The number of carbonyl (C=O) groups excluding carboxylic acids is 1. The number of nitrogens with zero attached hydrogens (tertiary/aromatic N) is 3. The first-order valence-corrected chi connectivity index (χ1v) is 6.75. The molecule has 2 aromatic heterocycles. The summed E-state index contributed by atoms with van der Waals surface area (Å²) >= 11 is 1.41. The number of aryl methyl sites for hydroxylation is 1. The summed E-state index contributed by atoms with van der Waals surface area (Å²) in [6.45, 7) is 8.13. The van der Waals surface area contributed by atoms with E-state index in [9.17, 15) is 4.79 Å². The lowest BCUT2D eigenvalue weighted by atomic mass is 9.95. The monoisotopic (exact) mass is 276 g/mol. The Labute approximate surface area is 116 Å². The fourth-order valence-corrected chi connectivity index (χ4v) is 2.49. The molecule has 0 saturated heterocycles. The minimum atomic E-state index is -0.0987. The molecule has 6 heteroatoms. The third kappa shape index (κ3) is 2.96. The van der Waals surface area contributed by atoms with E-state index >= 15 is 0 Å². The third-order valence-corrected chi connectivity index (χ3v) is 3.65. The quantitative estimate of drug-likeness (QED) is 0.875. The van der Waals surface area contributed by atoms with Gasteiger partial charge in [0.1, 0.15) is 5.82 Å². The van der Waals surface area contributed by atoms with Gasteiger partial charge in [-0.25, -0.2) is 15.0 Å². The molecule has 0 aliphatic rings. The molecule has 2 heterocycles. The van der Waals surface area contributed by atoms with E-state index < -0.39 is 0 Å². The molecule has 0 fully saturated rings. The molecular weight excluding hydrogens is 260 g/mol. The summed E-state index contributed by atoms with van der Waals surface area (Å²) in [7, 11) is 0. The molecule has 0 atom stereocenters. The van der Waals surface area contributed by atoms with Crippen LogP contribution in [0, 0.1) is 6.92 Å². The first kappa shape index (κ1) is 13.6. The van der Waals surface area contributed by atoms with Crippen LogP contribution >= 0.6 is 11.3 Å². The number of amides is 1. The van der Waals surface area contributed by atoms with Crippen molar-refractivity contribution in [3.8, 4) is 10.6 Å². The summed E-state index contributed by atoms with van der Waals surface area (Å²) in [5.74, 6) is 0.794. The molecule has 1 N–H and O–H groups in total. The van der Waals surface area contributed by atoms with E-state index in [4.69, 9.17) is 0 Å². The second-order valence-electron chi connectivity index (χ2n) is 5.21. The van der Waals surface area contributed by atoms with Crippen molar-refractivity contribution in [3.05, 3.63) is 23.8 Å². The van der Waals surface area contributed by atoms with Gasteiger partial charge < -0.3 is 5.32 Å². The highest BCUT2D eigenvalue weighted by Gasteiger charge is 2.19. The van der Waals surface area contributed by atoms with Crippen molar-refractivity contribution < 1.29 is 4.79 Å². The van der Waals surface area contributed by atoms with Crippen molar-refractivity contribution in [1.29, 1.82) is 0 Å². The highest BCUT2D eigenvalue weighted by molar-refractivity contribution is 7.19. The van der Waals surface area contributed by atoms with Crippen LogP contribution in [0.2, 0.25) is 0 Å². The Morgan fingerprint density at radius 1 is 1.32 bits per heavy atom. The average molecular weight is 276 g/mol. The molecule has 1 amide bonds. The summed E-state index contributed by atoms with van der Waals surface area (Å²) in [5, 5.41) is 3.15. The molecule has 0 saturated carbocycles. The van der Waals surface area contributed by atoms with Crippen molar-refractivity contribution in [3.63, 3.8) is 0 Å². The van der Waals surface area contributed by atoms with Crippen molar-refractivity contribution in [2.75, 3.05) is 5.32 Å². The highest BCUT2D eigenvalue weighted by atomic mass is 32.1. The SMILES string of the molecule is Cc1nc(NC=O)sc1-c1ccnc(C(C)(C)C)n1. The predicted octanol–water partition coefficient (Wildman–Crippen LogP) is 2.77. The van der Waals surface area contributed by atoms with Gasteiger partial charge in [0.25, 0.3) is 0 Å². The number of hydrogen-bond acceptors (Lipinski definition) is 5. The third-order valence-electron chi connectivity index (χ3n) is 2.54. The van der Waals surface area contributed by atoms with E-state index in [0.29, 0.717) is 11.5 Å². The van der Waals surface area contributed by atoms with Crippen LogP contribution in [0.15, 0.2) is 12.3 Å². The zero-order valence-corrected chi connectivity index (χ0v) is 12.2. The van der Waals surface area contributed by atoms with Crippen molar-refractivity contribution >= 4 is 22.9 Å². The number of anilines is 1. The maximum Gasteiger partial charge on any atom is 0.213 e. The van der Waals surface area contributed by atoms with Crippen LogP contribution in [0.4, 0.5) is 5.13 Å². The summed E-state index contributed by atoms with van der Waals surface area (Å²) in [4.78, 5) is 24.6. The lowest BCUT2D eigenvalue weighted by molar-refractivity contribution is -0.105. The van der Waals surface area contributed by atoms with Crippen LogP contribution in [-0.4, -0.2) is 21.4 Å². The summed E-state index contributed by atoms with van der Waals surface area (Å²) < 4.78 is 0. The van der Waals surface area contributed by atoms with Crippen molar-refractivity contribution in [2.45, 2.75) is 33.1 Å². The lowest BCUT2D eigenvalue weighted by Crippen LogP contribution is -2.15. The molecule has 0 radical (unpaired) electrons. The zero-order valence-electron chi connectivity index (χ0n) is 11.4. The molecule has 100 valence electrons. The number of rotatable bonds is 3. The van der Waals surface area contributed by atoms with Crippen molar-refractivity contribution in [2.24, 2.45) is 0 Å². The van der Waals surface area contributed by atoms with Gasteiger partial charge in [0, 0.05) is 11.6 Å². The number of thiazole rings is 1. The molecule has 5 nitrogen and oxygen atoms in total. The average Bonchev–Trinajstić information content (AvgIpc) is 2.70. The fraction of sp³-hybridized carbons (Fsp3) is 0.385. The van der Waals surface area contributed by atoms with E-state index in [2.05, 4.69) is 41.0 Å². The predicted molar refractivity (Wildman–Crippen MR) is 76.3 cm³/mol. The molecular formula is C13H16N4OS. The van der Waals surface area contributed by atoms with Gasteiger partial charge in [-0.05, 0) is 13.0 Å². The van der Waals surface area contributed by atoms with Crippen molar-refractivity contribution in [1.82, 2.24) is 15.0 Å². The Bertz CT molecular complexity index is 601. The van der Waals surface area contributed by atoms with E-state index in [-0.39, 0.29) is 5.41 Å². The molecule has 2 rings (SSSR count). The van der Waals surface area contributed by atoms with Gasteiger partial charge in [-0.3, -0.25) is 4.79 Å². The number of nitrogens with one attached hydrogen (secondary N) is 1. The van der Waals surface area contributed by atoms with Crippen LogP contribution in [0.1, 0.15) is 32.3 Å². The van der Waals surface area contributed by atoms with E-state index in [1.165, 1.54) is 11.3 Å². The van der Waals surface area contributed by atoms with Gasteiger partial charge in [0.05, 0.1) is 16.3 Å². The Kier molecular flexibility index (Phi) is 3.61. The first-order valence-electron chi connectivity index (χ1n) is 5.93. The van der Waals surface area contributed by atoms with E-state index in [1.54, 1.807) is 6.20 Å². The number of aromatic nitrogens is 3.